The molecule has 3 heteroatoms. The summed E-state index contributed by atoms with van der Waals surface area (Å²) in [5, 5.41) is 3.88. The van der Waals surface area contributed by atoms with Crippen molar-refractivity contribution in [1.82, 2.24) is 0 Å². The molecule has 0 heterocycles. The van der Waals surface area contributed by atoms with Gasteiger partial charge in [-0.25, -0.2) is 4.79 Å². The molecule has 0 spiro atoms. The van der Waals surface area contributed by atoms with Gasteiger partial charge in [-0.05, 0) is 54.4 Å². The molecule has 26 heavy (non-hydrogen) atoms. The number of hydrogen-bond donors (Lipinski definition) is 0. The maximum atomic E-state index is 12.4. The second kappa shape index (κ2) is 6.52. The summed E-state index contributed by atoms with van der Waals surface area (Å²) in [6.07, 6.45) is -0.741. The van der Waals surface area contributed by atoms with Crippen LogP contribution in [0.5, 0.6) is 11.5 Å². The Balaban J connectivity index is 1.85. The zero-order valence-corrected chi connectivity index (χ0v) is 14.7. The summed E-state index contributed by atoms with van der Waals surface area (Å²) in [7, 11) is 0. The molecular formula is C23H18O3. The Morgan fingerprint density at radius 2 is 1.58 bits per heavy atom. The van der Waals surface area contributed by atoms with Crippen molar-refractivity contribution in [3.8, 4) is 11.5 Å². The van der Waals surface area contributed by atoms with Crippen molar-refractivity contribution in [1.29, 1.82) is 0 Å². The predicted molar refractivity (Wildman–Crippen MR) is 104 cm³/mol. The lowest BCUT2D eigenvalue weighted by Crippen LogP contribution is -2.14. The zero-order valence-electron chi connectivity index (χ0n) is 14.7. The van der Waals surface area contributed by atoms with E-state index in [2.05, 4.69) is 12.1 Å². The van der Waals surface area contributed by atoms with Crippen molar-refractivity contribution < 1.29 is 14.3 Å². The van der Waals surface area contributed by atoms with Crippen LogP contribution in [0.15, 0.2) is 72.8 Å². The normalized spacial score (nSPS) is 10.8. The highest BCUT2D eigenvalue weighted by molar-refractivity contribution is 6.07. The van der Waals surface area contributed by atoms with Gasteiger partial charge >= 0.3 is 6.16 Å². The van der Waals surface area contributed by atoms with E-state index in [1.807, 2.05) is 62.4 Å². The fourth-order valence-electron chi connectivity index (χ4n) is 3.21. The summed E-state index contributed by atoms with van der Waals surface area (Å²) in [5.41, 5.74) is 2.15. The zero-order chi connectivity index (χ0) is 18.1. The first-order valence-corrected chi connectivity index (χ1v) is 8.49. The molecule has 3 nitrogen and oxygen atoms in total. The minimum Gasteiger partial charge on any atom is -0.395 e. The van der Waals surface area contributed by atoms with Gasteiger partial charge in [0.15, 0.2) is 0 Å². The minimum absolute atomic E-state index is 0.454. The SMILES string of the molecule is Cc1ccc2cc3cccc(C)c3c(OC(=O)Oc3ccccc3)c2c1. The summed E-state index contributed by atoms with van der Waals surface area (Å²) in [6.45, 7) is 4.03. The van der Waals surface area contributed by atoms with Gasteiger partial charge in [0.1, 0.15) is 11.5 Å². The van der Waals surface area contributed by atoms with Crippen LogP contribution in [-0.4, -0.2) is 6.16 Å². The lowest BCUT2D eigenvalue weighted by molar-refractivity contribution is 0.153. The Labute approximate surface area is 151 Å². The van der Waals surface area contributed by atoms with Gasteiger partial charge in [0.05, 0.1) is 0 Å². The second-order valence-electron chi connectivity index (χ2n) is 6.37. The number of carbonyl (C=O) groups excluding carboxylic acids is 1. The molecule has 0 aromatic heterocycles. The van der Waals surface area contributed by atoms with E-state index in [0.29, 0.717) is 11.5 Å². The van der Waals surface area contributed by atoms with Crippen LogP contribution in [0.3, 0.4) is 0 Å². The fraction of sp³-hybridized carbons (Fsp3) is 0.0870. The molecule has 0 radical (unpaired) electrons. The van der Waals surface area contributed by atoms with Crippen molar-refractivity contribution in [3.63, 3.8) is 0 Å². The quantitative estimate of drug-likeness (QED) is 0.248. The van der Waals surface area contributed by atoms with Gasteiger partial charge in [-0.1, -0.05) is 54.1 Å². The Morgan fingerprint density at radius 3 is 2.38 bits per heavy atom. The molecule has 128 valence electrons. The van der Waals surface area contributed by atoms with E-state index in [9.17, 15) is 4.79 Å². The van der Waals surface area contributed by atoms with Crippen LogP contribution in [0.25, 0.3) is 21.5 Å². The van der Waals surface area contributed by atoms with E-state index in [4.69, 9.17) is 9.47 Å². The third-order valence-corrected chi connectivity index (χ3v) is 4.43. The van der Waals surface area contributed by atoms with Crippen molar-refractivity contribution in [2.24, 2.45) is 0 Å². The number of hydrogen-bond acceptors (Lipinski definition) is 3. The molecule has 0 saturated heterocycles. The number of fused-ring (bicyclic) bond motifs is 2. The molecule has 0 aliphatic carbocycles. The largest absolute Gasteiger partial charge is 0.519 e. The van der Waals surface area contributed by atoms with Crippen LogP contribution in [0.2, 0.25) is 0 Å². The van der Waals surface area contributed by atoms with E-state index in [1.54, 1.807) is 12.1 Å². The van der Waals surface area contributed by atoms with Gasteiger partial charge in [0, 0.05) is 10.8 Å². The van der Waals surface area contributed by atoms with Crippen LogP contribution in [0.4, 0.5) is 4.79 Å². The third kappa shape index (κ3) is 3.00. The van der Waals surface area contributed by atoms with E-state index >= 15 is 0 Å². The summed E-state index contributed by atoms with van der Waals surface area (Å²) in [4.78, 5) is 12.4. The number of benzene rings is 4. The summed E-state index contributed by atoms with van der Waals surface area (Å²) in [6, 6.07) is 23.2. The predicted octanol–water partition coefficient (Wildman–Crippen LogP) is 6.19. The monoisotopic (exact) mass is 342 g/mol. The Hall–Kier alpha value is -3.33. The third-order valence-electron chi connectivity index (χ3n) is 4.43. The highest BCUT2D eigenvalue weighted by Crippen LogP contribution is 2.37. The van der Waals surface area contributed by atoms with E-state index < -0.39 is 6.16 Å². The van der Waals surface area contributed by atoms with Crippen molar-refractivity contribution in [2.75, 3.05) is 0 Å². The van der Waals surface area contributed by atoms with E-state index in [-0.39, 0.29) is 0 Å². The molecule has 0 fully saturated rings. The van der Waals surface area contributed by atoms with Gasteiger partial charge < -0.3 is 9.47 Å². The average Bonchev–Trinajstić information content (AvgIpc) is 2.63. The van der Waals surface area contributed by atoms with Crippen molar-refractivity contribution in [2.45, 2.75) is 13.8 Å². The molecule has 0 N–H and O–H groups in total. The first-order chi connectivity index (χ1) is 12.6. The van der Waals surface area contributed by atoms with Crippen LogP contribution in [-0.2, 0) is 0 Å². The fourth-order valence-corrected chi connectivity index (χ4v) is 3.21. The van der Waals surface area contributed by atoms with Gasteiger partial charge in [-0.2, -0.15) is 0 Å². The molecule has 0 atom stereocenters. The summed E-state index contributed by atoms with van der Waals surface area (Å²) < 4.78 is 11.0. The molecule has 0 aliphatic rings. The van der Waals surface area contributed by atoms with Gasteiger partial charge in [0.2, 0.25) is 0 Å². The van der Waals surface area contributed by atoms with Gasteiger partial charge in [-0.15, -0.1) is 0 Å². The number of aryl methyl sites for hydroxylation is 2. The van der Waals surface area contributed by atoms with Crippen LogP contribution in [0, 0.1) is 13.8 Å². The summed E-state index contributed by atoms with van der Waals surface area (Å²) >= 11 is 0. The smallest absolute Gasteiger partial charge is 0.395 e. The first kappa shape index (κ1) is 16.2. The molecule has 0 unspecified atom stereocenters. The van der Waals surface area contributed by atoms with Crippen molar-refractivity contribution in [3.05, 3.63) is 83.9 Å². The second-order valence-corrected chi connectivity index (χ2v) is 6.37. The molecule has 4 aromatic rings. The number of ether oxygens (including phenoxy) is 2. The molecule has 0 saturated carbocycles. The van der Waals surface area contributed by atoms with Gasteiger partial charge in [0.25, 0.3) is 0 Å². The minimum atomic E-state index is -0.741. The Bertz CT molecular complexity index is 1110. The molecule has 4 rings (SSSR count). The molecule has 4 aromatic carbocycles. The first-order valence-electron chi connectivity index (χ1n) is 8.49. The van der Waals surface area contributed by atoms with E-state index in [1.165, 1.54) is 0 Å². The Kier molecular flexibility index (Phi) is 4.05. The van der Waals surface area contributed by atoms with Gasteiger partial charge in [-0.3, -0.25) is 0 Å². The lowest BCUT2D eigenvalue weighted by atomic mass is 9.98. The van der Waals surface area contributed by atoms with Crippen LogP contribution >= 0.6 is 0 Å². The molecule has 0 bridgehead atoms. The van der Waals surface area contributed by atoms with Crippen molar-refractivity contribution >= 4 is 27.7 Å². The van der Waals surface area contributed by atoms with Crippen LogP contribution < -0.4 is 9.47 Å². The lowest BCUT2D eigenvalue weighted by Gasteiger charge is -2.14. The summed E-state index contributed by atoms with van der Waals surface area (Å²) in [5.74, 6) is 0.996. The highest BCUT2D eigenvalue weighted by Gasteiger charge is 2.16. The molecule has 0 aliphatic heterocycles. The Morgan fingerprint density at radius 1 is 0.769 bits per heavy atom. The standard InChI is InChI=1S/C23H18O3/c1-15-11-12-17-14-18-8-6-7-16(2)21(18)22(20(17)13-15)26-23(24)25-19-9-4-3-5-10-19/h3-14H,1-2H3. The number of rotatable bonds is 2. The topological polar surface area (TPSA) is 35.5 Å². The highest BCUT2D eigenvalue weighted by atomic mass is 16.7. The average molecular weight is 342 g/mol. The van der Waals surface area contributed by atoms with E-state index in [0.717, 1.165) is 32.7 Å². The molecule has 0 amide bonds. The van der Waals surface area contributed by atoms with Crippen LogP contribution in [0.1, 0.15) is 11.1 Å². The number of carbonyl (C=O) groups is 1. The molecular weight excluding hydrogens is 324 g/mol. The maximum absolute atomic E-state index is 12.4. The number of para-hydroxylation sites is 1. The maximum Gasteiger partial charge on any atom is 0.519 e.